The van der Waals surface area contributed by atoms with Crippen LogP contribution in [0.3, 0.4) is 0 Å². The largest absolute Gasteiger partial charge is 0.497 e. The lowest BCUT2D eigenvalue weighted by Gasteiger charge is -2.32. The van der Waals surface area contributed by atoms with E-state index in [0.29, 0.717) is 22.7 Å². The first-order valence-electron chi connectivity index (χ1n) is 17.3. The summed E-state index contributed by atoms with van der Waals surface area (Å²) < 4.78 is 30.6. The highest BCUT2D eigenvalue weighted by molar-refractivity contribution is 6.62. The molecule has 2 aliphatic heterocycles. The lowest BCUT2D eigenvalue weighted by atomic mass is 9.79. The van der Waals surface area contributed by atoms with Crippen molar-refractivity contribution in [3.05, 3.63) is 72.3 Å². The van der Waals surface area contributed by atoms with Crippen molar-refractivity contribution >= 4 is 41.6 Å². The fourth-order valence-corrected chi connectivity index (χ4v) is 6.21. The minimum atomic E-state index is -1.32. The van der Waals surface area contributed by atoms with Gasteiger partial charge in [0, 0.05) is 20.5 Å². The van der Waals surface area contributed by atoms with E-state index in [1.807, 2.05) is 66.1 Å². The van der Waals surface area contributed by atoms with E-state index in [1.165, 1.54) is 17.2 Å². The quantitative estimate of drug-likeness (QED) is 0.153. The maximum Gasteiger partial charge on any atom is 0.494 e. The number of fused-ring (bicyclic) bond motifs is 1. The number of benzene rings is 2. The van der Waals surface area contributed by atoms with Crippen molar-refractivity contribution in [1.29, 1.82) is 0 Å². The minimum absolute atomic E-state index is 0.0618. The van der Waals surface area contributed by atoms with Crippen molar-refractivity contribution in [2.75, 3.05) is 32.7 Å². The number of ether oxygens (including phenoxy) is 3. The molecule has 5 atom stereocenters. The zero-order chi connectivity index (χ0) is 38.1. The Bertz CT molecular complexity index is 1890. The zero-order valence-corrected chi connectivity index (χ0v) is 30.8. The maximum atomic E-state index is 13.9. The van der Waals surface area contributed by atoms with Crippen LogP contribution in [-0.4, -0.2) is 112 Å². The van der Waals surface area contributed by atoms with Gasteiger partial charge in [0.15, 0.2) is 23.2 Å². The van der Waals surface area contributed by atoms with Crippen molar-refractivity contribution in [2.45, 2.75) is 82.4 Å². The molecule has 2 aromatic carbocycles. The summed E-state index contributed by atoms with van der Waals surface area (Å²) in [5, 5.41) is 27.2. The Kier molecular flexibility index (Phi) is 10.9. The molecule has 0 saturated carbocycles. The molecule has 4 aromatic rings. The molecular weight excluding hydrogens is 685 g/mol. The van der Waals surface area contributed by atoms with Crippen LogP contribution in [0.4, 0.5) is 10.6 Å². The number of anilines is 1. The number of alkyl carbamates (subject to hydrolysis) is 1. The van der Waals surface area contributed by atoms with E-state index in [9.17, 15) is 19.8 Å². The predicted octanol–water partition coefficient (Wildman–Crippen LogP) is 1.47. The summed E-state index contributed by atoms with van der Waals surface area (Å²) >= 11 is 0. The normalized spacial score (nSPS) is 22.4. The second-order valence-corrected chi connectivity index (χ2v) is 14.3. The van der Waals surface area contributed by atoms with Gasteiger partial charge >= 0.3 is 13.2 Å². The van der Waals surface area contributed by atoms with E-state index in [4.69, 9.17) is 23.5 Å². The highest BCUT2D eigenvalue weighted by atomic mass is 16.7. The Morgan fingerprint density at radius 2 is 1.66 bits per heavy atom. The van der Waals surface area contributed by atoms with Crippen molar-refractivity contribution in [1.82, 2.24) is 30.2 Å². The molecule has 2 amide bonds. The van der Waals surface area contributed by atoms with Crippen LogP contribution in [0.1, 0.15) is 45.0 Å². The van der Waals surface area contributed by atoms with Crippen LogP contribution < -0.4 is 25.7 Å². The first-order valence-corrected chi connectivity index (χ1v) is 17.3. The number of nitrogens with zero attached hydrogens (tertiary/aromatic N) is 5. The highest BCUT2D eigenvalue weighted by Crippen LogP contribution is 2.36. The molecule has 16 nitrogen and oxygen atoms in total. The van der Waals surface area contributed by atoms with Gasteiger partial charge in [-0.2, -0.15) is 0 Å². The first-order chi connectivity index (χ1) is 25.2. The molecule has 282 valence electrons. The van der Waals surface area contributed by atoms with Gasteiger partial charge in [0.25, 0.3) is 0 Å². The Hall–Kier alpha value is -4.81. The molecule has 4 heterocycles. The summed E-state index contributed by atoms with van der Waals surface area (Å²) in [6, 6.07) is 12.2. The number of aliphatic hydroxyl groups is 2. The number of amides is 2. The minimum Gasteiger partial charge on any atom is -0.497 e. The third-order valence-electron chi connectivity index (χ3n) is 9.98. The number of hydrogen-bond donors (Lipinski definition) is 4. The number of nitrogens with one attached hydrogen (secondary N) is 2. The number of methoxy groups -OCH3 is 1. The van der Waals surface area contributed by atoms with Gasteiger partial charge in [-0.25, -0.2) is 19.7 Å². The van der Waals surface area contributed by atoms with E-state index >= 15 is 0 Å². The fraction of sp³-hybridized carbons (Fsp3) is 0.472. The molecule has 2 aromatic heterocycles. The van der Waals surface area contributed by atoms with Crippen LogP contribution in [0.15, 0.2) is 61.2 Å². The summed E-state index contributed by atoms with van der Waals surface area (Å²) in [6.07, 6.45) is -1.24. The molecule has 0 aliphatic carbocycles. The van der Waals surface area contributed by atoms with Crippen LogP contribution in [-0.2, 0) is 36.6 Å². The maximum absolute atomic E-state index is 13.9. The van der Waals surface area contributed by atoms with Gasteiger partial charge in [0.1, 0.15) is 36.9 Å². The van der Waals surface area contributed by atoms with Gasteiger partial charge in [0.2, 0.25) is 5.91 Å². The van der Waals surface area contributed by atoms with Crippen LogP contribution in [0.25, 0.3) is 11.2 Å². The average molecular weight is 732 g/mol. The average Bonchev–Trinajstić information content (AvgIpc) is 3.77. The van der Waals surface area contributed by atoms with E-state index in [0.717, 1.165) is 16.6 Å². The SMILES string of the molecule is COc1ccc(C[C@H](NC(=O)OCc2ccc(B3OC(C)(C)C(C)(C)O3)cc2)C(=O)N[C@H]2[C@@H](O)[C@H](n3cnc4c(N(C)C)ncnc43)O[C@@H]2CO)cc1. The van der Waals surface area contributed by atoms with Gasteiger partial charge in [-0.05, 0) is 56.4 Å². The van der Waals surface area contributed by atoms with Gasteiger partial charge in [-0.3, -0.25) is 9.36 Å². The molecule has 0 unspecified atom stereocenters. The number of imidazole rings is 1. The number of carbonyl (C=O) groups is 2. The molecule has 17 heteroatoms. The lowest BCUT2D eigenvalue weighted by Crippen LogP contribution is -2.55. The topological polar surface area (TPSA) is 192 Å². The van der Waals surface area contributed by atoms with Gasteiger partial charge in [-0.1, -0.05) is 36.4 Å². The van der Waals surface area contributed by atoms with Gasteiger partial charge in [-0.15, -0.1) is 0 Å². The predicted molar refractivity (Wildman–Crippen MR) is 195 cm³/mol. The third kappa shape index (κ3) is 7.94. The number of aliphatic hydroxyl groups excluding tert-OH is 2. The van der Waals surface area contributed by atoms with Crippen LogP contribution in [0, 0.1) is 0 Å². The monoisotopic (exact) mass is 731 g/mol. The Labute approximate surface area is 307 Å². The molecule has 2 aliphatic rings. The first kappa shape index (κ1) is 37.9. The van der Waals surface area contributed by atoms with Crippen LogP contribution >= 0.6 is 0 Å². The summed E-state index contributed by atoms with van der Waals surface area (Å²) in [7, 11) is 4.67. The molecular formula is C36H46BN7O9. The standard InChI is InChI=1S/C36H46BN7O9/c1-35(2)36(3,4)53-37(52-35)23-12-8-22(9-13-23)18-50-34(48)41-25(16-21-10-14-24(49-7)15-11-21)32(47)42-27-26(17-45)51-33(29(27)46)44-20-40-28-30(43(5)6)38-19-39-31(28)44/h8-15,19-20,25-27,29,33,45-46H,16-18H2,1-7H3,(H,41,48)(H,42,47)/t25-,26+,27+,29+,33+/m0/s1. The number of hydrogen-bond acceptors (Lipinski definition) is 13. The van der Waals surface area contributed by atoms with Crippen LogP contribution in [0.5, 0.6) is 5.75 Å². The van der Waals surface area contributed by atoms with E-state index in [2.05, 4.69) is 25.6 Å². The van der Waals surface area contributed by atoms with Crippen molar-refractivity contribution in [3.8, 4) is 5.75 Å². The Morgan fingerprint density at radius 3 is 2.28 bits per heavy atom. The zero-order valence-electron chi connectivity index (χ0n) is 30.8. The lowest BCUT2D eigenvalue weighted by molar-refractivity contribution is -0.124. The van der Waals surface area contributed by atoms with E-state index in [-0.39, 0.29) is 13.0 Å². The second-order valence-electron chi connectivity index (χ2n) is 14.3. The molecule has 4 N–H and O–H groups in total. The molecule has 0 radical (unpaired) electrons. The highest BCUT2D eigenvalue weighted by Gasteiger charge is 2.51. The summed E-state index contributed by atoms with van der Waals surface area (Å²) in [5.41, 5.74) is 2.22. The number of aromatic nitrogens is 4. The molecule has 53 heavy (non-hydrogen) atoms. The van der Waals surface area contributed by atoms with Crippen molar-refractivity contribution < 1.29 is 43.3 Å². The van der Waals surface area contributed by atoms with Crippen LogP contribution in [0.2, 0.25) is 0 Å². The fourth-order valence-electron chi connectivity index (χ4n) is 6.21. The number of rotatable bonds is 12. The molecule has 0 spiro atoms. The number of carbonyl (C=O) groups excluding carboxylic acids is 2. The van der Waals surface area contributed by atoms with Gasteiger partial charge < -0.3 is 49.3 Å². The van der Waals surface area contributed by atoms with E-state index in [1.54, 1.807) is 36.3 Å². The van der Waals surface area contributed by atoms with E-state index < -0.39 is 67.4 Å². The molecule has 0 bridgehead atoms. The summed E-state index contributed by atoms with van der Waals surface area (Å²) in [6.45, 7) is 7.38. The molecule has 2 saturated heterocycles. The molecule has 2 fully saturated rings. The van der Waals surface area contributed by atoms with Crippen molar-refractivity contribution in [2.24, 2.45) is 0 Å². The molecule has 6 rings (SSSR count). The Balaban J connectivity index is 1.14. The third-order valence-corrected chi connectivity index (χ3v) is 9.98. The second kappa shape index (κ2) is 15.3. The summed E-state index contributed by atoms with van der Waals surface area (Å²) in [5.74, 6) is 0.580. The van der Waals surface area contributed by atoms with Crippen molar-refractivity contribution in [3.63, 3.8) is 0 Å². The smallest absolute Gasteiger partial charge is 0.494 e. The Morgan fingerprint density at radius 1 is 1.00 bits per heavy atom. The summed E-state index contributed by atoms with van der Waals surface area (Å²) in [4.78, 5) is 41.9. The van der Waals surface area contributed by atoms with Gasteiger partial charge in [0.05, 0.1) is 37.3 Å².